The number of rotatable bonds is 7. The Bertz CT molecular complexity index is 3290. The quantitative estimate of drug-likeness (QED) is 0.173. The summed E-state index contributed by atoms with van der Waals surface area (Å²) in [5.74, 6) is 0.669. The lowest BCUT2D eigenvalue weighted by Gasteiger charge is -2.29. The van der Waals surface area contributed by atoms with E-state index in [2.05, 4.69) is 185 Å². The van der Waals surface area contributed by atoms with E-state index in [4.69, 9.17) is 9.10 Å². The number of benzene rings is 9. The number of hydrogen-bond donors (Lipinski definition) is 1. The first-order valence-electron chi connectivity index (χ1n) is 21.5. The number of H-pyrrole nitrogens is 1. The highest BCUT2D eigenvalue weighted by atomic mass is 15.1. The molecule has 0 aliphatic carbocycles. The number of nitrogens with one attached hydrogen (secondary N) is 1. The minimum atomic E-state index is -2.36. The molecule has 11 aromatic rings. The molecule has 0 aliphatic heterocycles. The zero-order valence-corrected chi connectivity index (χ0v) is 32.1. The molecular formula is C56H39N3. The lowest BCUT2D eigenvalue weighted by atomic mass is 9.74. The minimum absolute atomic E-state index is 0.284. The summed E-state index contributed by atoms with van der Waals surface area (Å²) in [6.45, 7) is -2.36. The summed E-state index contributed by atoms with van der Waals surface area (Å²) >= 11 is 0. The Morgan fingerprint density at radius 2 is 0.712 bits per heavy atom. The molecule has 59 heavy (non-hydrogen) atoms. The highest BCUT2D eigenvalue weighted by molar-refractivity contribution is 6.15. The van der Waals surface area contributed by atoms with Crippen molar-refractivity contribution >= 4 is 27.8 Å². The van der Waals surface area contributed by atoms with Crippen LogP contribution in [-0.2, 0) is 0 Å². The van der Waals surface area contributed by atoms with E-state index in [9.17, 15) is 0 Å². The molecule has 2 heterocycles. The van der Waals surface area contributed by atoms with Gasteiger partial charge in [-0.05, 0) is 103 Å². The summed E-state index contributed by atoms with van der Waals surface area (Å²) in [5.41, 5.74) is 18.4. The third-order valence-electron chi connectivity index (χ3n) is 11.5. The molecule has 0 fully saturated rings. The van der Waals surface area contributed by atoms with Crippen LogP contribution >= 0.6 is 0 Å². The minimum Gasteiger partial charge on any atom is -0.323 e. The second-order valence-electron chi connectivity index (χ2n) is 14.9. The fourth-order valence-electron chi connectivity index (χ4n) is 8.98. The van der Waals surface area contributed by atoms with Crippen LogP contribution in [0.1, 0.15) is 9.68 Å². The number of fused-ring (bicyclic) bond motifs is 5. The number of nitrogens with zero attached hydrogens (tertiary/aromatic N) is 2. The molecule has 0 amide bonds. The molecular weight excluding hydrogens is 715 g/mol. The van der Waals surface area contributed by atoms with Gasteiger partial charge in [0, 0.05) is 9.68 Å². The average Bonchev–Trinajstić information content (AvgIpc) is 3.88. The van der Waals surface area contributed by atoms with Crippen LogP contribution in [0, 0.1) is 6.85 Å². The van der Waals surface area contributed by atoms with Crippen molar-refractivity contribution in [1.29, 1.82) is 0 Å². The van der Waals surface area contributed by atoms with Crippen molar-refractivity contribution in [3.8, 4) is 77.9 Å². The van der Waals surface area contributed by atoms with Gasteiger partial charge in [-0.1, -0.05) is 194 Å². The molecule has 0 saturated heterocycles. The zero-order valence-electron chi connectivity index (χ0n) is 35.1. The number of aromatic amines is 1. The maximum atomic E-state index is 8.69. The Morgan fingerprint density at radius 1 is 0.356 bits per heavy atom. The van der Waals surface area contributed by atoms with Gasteiger partial charge in [0.15, 0.2) is 0 Å². The van der Waals surface area contributed by atoms with Gasteiger partial charge in [-0.25, -0.2) is 4.98 Å². The Labute approximate surface area is 347 Å². The van der Waals surface area contributed by atoms with Gasteiger partial charge in [-0.3, -0.25) is 4.40 Å². The van der Waals surface area contributed by atoms with Gasteiger partial charge in [0.1, 0.15) is 0 Å². The molecule has 3 heteroatoms. The summed E-state index contributed by atoms with van der Waals surface area (Å²) in [6.07, 6.45) is 0. The van der Waals surface area contributed by atoms with Gasteiger partial charge in [-0.15, -0.1) is 0 Å². The lowest BCUT2D eigenvalue weighted by Crippen LogP contribution is -2.02. The lowest BCUT2D eigenvalue weighted by molar-refractivity contribution is 1.28. The van der Waals surface area contributed by atoms with Crippen molar-refractivity contribution in [2.75, 3.05) is 0 Å². The normalized spacial score (nSPS) is 12.4. The molecule has 1 N–H and O–H groups in total. The predicted octanol–water partition coefficient (Wildman–Crippen LogP) is 14.9. The summed E-state index contributed by atoms with van der Waals surface area (Å²) in [5, 5.41) is 0. The molecule has 0 saturated carbocycles. The van der Waals surface area contributed by atoms with E-state index in [1.165, 1.54) is 0 Å². The largest absolute Gasteiger partial charge is 0.323 e. The fourth-order valence-corrected chi connectivity index (χ4v) is 8.98. The van der Waals surface area contributed by atoms with E-state index in [1.54, 1.807) is 6.07 Å². The highest BCUT2D eigenvalue weighted by Crippen LogP contribution is 2.56. The van der Waals surface area contributed by atoms with Crippen molar-refractivity contribution in [3.05, 3.63) is 218 Å². The van der Waals surface area contributed by atoms with Crippen LogP contribution < -0.4 is 0 Å². The van der Waals surface area contributed by atoms with Gasteiger partial charge in [0.2, 0.25) is 5.78 Å². The summed E-state index contributed by atoms with van der Waals surface area (Å²) in [6, 6.07) is 73.8. The Kier molecular flexibility index (Phi) is 7.61. The van der Waals surface area contributed by atoms with E-state index < -0.39 is 6.85 Å². The molecule has 278 valence electrons. The van der Waals surface area contributed by atoms with Gasteiger partial charge >= 0.3 is 0 Å². The monoisotopic (exact) mass is 756 g/mol. The molecule has 0 bridgehead atoms. The Hall–Kier alpha value is -7.75. The van der Waals surface area contributed by atoms with Gasteiger partial charge in [-0.2, -0.15) is 0 Å². The average molecular weight is 757 g/mol. The molecule has 0 aliphatic rings. The zero-order chi connectivity index (χ0) is 41.8. The number of aryl methyl sites for hydroxylation is 1. The summed E-state index contributed by atoms with van der Waals surface area (Å²) < 4.78 is 28.1. The first-order chi connectivity index (χ1) is 30.4. The predicted molar refractivity (Wildman–Crippen MR) is 247 cm³/mol. The van der Waals surface area contributed by atoms with Crippen molar-refractivity contribution in [1.82, 2.24) is 14.4 Å². The van der Waals surface area contributed by atoms with E-state index >= 15 is 0 Å². The van der Waals surface area contributed by atoms with Crippen molar-refractivity contribution in [2.45, 2.75) is 6.85 Å². The molecule has 0 atom stereocenters. The standard InChI is InChI=1S/C56H39N3/c1-37-31-36-47-55(58-56-57-45-29-17-18-30-46(45)59(47)56)48(37)43-32-34-44(35-33-43)54-52(41-25-13-5-14-26-41)50(39-21-9-3-10-22-39)49(38-19-7-2-8-20-38)51(40-23-11-4-12-24-40)53(54)42-27-15-6-16-28-42/h2-36H,1H3,(H,57,58)/i1D3. The first kappa shape index (κ1) is 31.3. The first-order valence-corrected chi connectivity index (χ1v) is 20.0. The van der Waals surface area contributed by atoms with Crippen LogP contribution in [-0.4, -0.2) is 14.4 Å². The molecule has 0 unspecified atom stereocenters. The Balaban J connectivity index is 1.27. The number of hydrogen-bond acceptors (Lipinski definition) is 1. The smallest absolute Gasteiger partial charge is 0.213 e. The van der Waals surface area contributed by atoms with Gasteiger partial charge in [0.05, 0.1) is 22.1 Å². The summed E-state index contributed by atoms with van der Waals surface area (Å²) in [4.78, 5) is 8.40. The van der Waals surface area contributed by atoms with Gasteiger partial charge in [0.25, 0.3) is 0 Å². The molecule has 3 nitrogen and oxygen atoms in total. The summed E-state index contributed by atoms with van der Waals surface area (Å²) in [7, 11) is 0. The highest BCUT2D eigenvalue weighted by Gasteiger charge is 2.29. The SMILES string of the molecule is [2H]C([2H])([2H])c1ccc2c([nH]c3nc4ccccc4n32)c1-c1ccc(-c2c(-c3ccccc3)c(-c3ccccc3)c(-c3ccccc3)c(-c3ccccc3)c2-c2ccccc2)cc1. The second-order valence-corrected chi connectivity index (χ2v) is 14.9. The maximum Gasteiger partial charge on any atom is 0.213 e. The molecule has 11 rings (SSSR count). The van der Waals surface area contributed by atoms with E-state index in [1.807, 2.05) is 30.3 Å². The van der Waals surface area contributed by atoms with Crippen LogP contribution in [0.5, 0.6) is 0 Å². The fraction of sp³-hybridized carbons (Fsp3) is 0.0179. The molecule has 9 aromatic carbocycles. The number of para-hydroxylation sites is 2. The molecule has 2 aromatic heterocycles. The van der Waals surface area contributed by atoms with Crippen LogP contribution in [0.15, 0.2) is 212 Å². The van der Waals surface area contributed by atoms with Gasteiger partial charge < -0.3 is 4.98 Å². The van der Waals surface area contributed by atoms with Crippen LogP contribution in [0.2, 0.25) is 0 Å². The third-order valence-corrected chi connectivity index (χ3v) is 11.5. The van der Waals surface area contributed by atoms with Crippen molar-refractivity contribution in [2.24, 2.45) is 0 Å². The second kappa shape index (κ2) is 14.3. The van der Waals surface area contributed by atoms with Crippen LogP contribution in [0.3, 0.4) is 0 Å². The van der Waals surface area contributed by atoms with Crippen LogP contribution in [0.4, 0.5) is 0 Å². The third kappa shape index (κ3) is 5.78. The van der Waals surface area contributed by atoms with Crippen LogP contribution in [0.25, 0.3) is 106 Å². The number of aromatic nitrogens is 3. The topological polar surface area (TPSA) is 33.1 Å². The van der Waals surface area contributed by atoms with E-state index in [-0.39, 0.29) is 5.56 Å². The van der Waals surface area contributed by atoms with E-state index in [0.29, 0.717) is 11.3 Å². The van der Waals surface area contributed by atoms with Crippen molar-refractivity contribution in [3.63, 3.8) is 0 Å². The molecule has 0 radical (unpaired) electrons. The van der Waals surface area contributed by atoms with E-state index in [0.717, 1.165) is 94.4 Å². The molecule has 0 spiro atoms. The maximum absolute atomic E-state index is 8.69. The Morgan fingerprint density at radius 3 is 1.12 bits per heavy atom. The number of imidazole rings is 2. The van der Waals surface area contributed by atoms with Crippen molar-refractivity contribution < 1.29 is 4.11 Å².